The van der Waals surface area contributed by atoms with Gasteiger partial charge in [0.05, 0.1) is 6.54 Å². The number of hydrogen-bond acceptors (Lipinski definition) is 2. The van der Waals surface area contributed by atoms with Crippen LogP contribution in [-0.4, -0.2) is 22.0 Å². The second kappa shape index (κ2) is 2.30. The molecule has 0 aromatic carbocycles. The van der Waals surface area contributed by atoms with Crippen LogP contribution in [0.3, 0.4) is 0 Å². The third kappa shape index (κ3) is 1.98. The summed E-state index contributed by atoms with van der Waals surface area (Å²) in [7, 11) is -5.33. The predicted molar refractivity (Wildman–Crippen MR) is 26.0 cm³/mol. The van der Waals surface area contributed by atoms with Crippen LogP contribution in [-0.2, 0) is 4.57 Å². The van der Waals surface area contributed by atoms with Crippen LogP contribution in [0.25, 0.3) is 0 Å². The van der Waals surface area contributed by atoms with Gasteiger partial charge in [-0.25, -0.2) is 0 Å². The smallest absolute Gasteiger partial charge is 0.325 e. The molecule has 56 valence electrons. The minimum absolute atomic E-state index is 1.34. The van der Waals surface area contributed by atoms with Crippen LogP contribution in [0.15, 0.2) is 0 Å². The summed E-state index contributed by atoms with van der Waals surface area (Å²) in [4.78, 5) is 15.7. The number of hydrogen-bond donors (Lipinski definition) is 3. The second-order valence-electron chi connectivity index (χ2n) is 1.41. The quantitative estimate of drug-likeness (QED) is 0.486. The van der Waals surface area contributed by atoms with E-state index >= 15 is 0 Å². The van der Waals surface area contributed by atoms with Crippen molar-refractivity contribution in [3.8, 4) is 0 Å². The second-order valence-corrected chi connectivity index (χ2v) is 3.16. The molecule has 0 radical (unpaired) electrons. The lowest BCUT2D eigenvalue weighted by Crippen LogP contribution is -2.27. The average molecular weight is 161 g/mol. The van der Waals surface area contributed by atoms with Gasteiger partial charge < -0.3 is 15.5 Å². The summed E-state index contributed by atoms with van der Waals surface area (Å²) in [6, 6.07) is 0. The molecule has 0 bridgehead atoms. The topological polar surface area (TPSA) is 83.6 Å². The van der Waals surface area contributed by atoms with E-state index < -0.39 is 19.8 Å². The number of halogens is 2. The number of rotatable bonds is 2. The van der Waals surface area contributed by atoms with Gasteiger partial charge >= 0.3 is 13.3 Å². The Morgan fingerprint density at radius 3 is 1.89 bits per heavy atom. The standard InChI is InChI=1S/C2H6F2NO3P/c3-2(4,1-5)9(6,7)8/h1,5H2,(H2,6,7,8). The van der Waals surface area contributed by atoms with Gasteiger partial charge in [-0.2, -0.15) is 8.78 Å². The van der Waals surface area contributed by atoms with Crippen LogP contribution in [0.2, 0.25) is 0 Å². The van der Waals surface area contributed by atoms with Crippen molar-refractivity contribution in [2.45, 2.75) is 5.66 Å². The first-order valence-electron chi connectivity index (χ1n) is 1.95. The molecule has 0 rings (SSSR count). The van der Waals surface area contributed by atoms with Gasteiger partial charge in [0.15, 0.2) is 0 Å². The minimum Gasteiger partial charge on any atom is -0.325 e. The summed E-state index contributed by atoms with van der Waals surface area (Å²) in [5.74, 6) is 0. The molecule has 4 N–H and O–H groups in total. The molecule has 0 aromatic rings. The van der Waals surface area contributed by atoms with Crippen LogP contribution in [0.1, 0.15) is 0 Å². The lowest BCUT2D eigenvalue weighted by molar-refractivity contribution is 0.0679. The van der Waals surface area contributed by atoms with Crippen molar-refractivity contribution in [1.82, 2.24) is 0 Å². The minimum atomic E-state index is -5.33. The molecule has 4 nitrogen and oxygen atoms in total. The SMILES string of the molecule is NCC(F)(F)P(=O)(O)O. The van der Waals surface area contributed by atoms with E-state index in [1.54, 1.807) is 0 Å². The summed E-state index contributed by atoms with van der Waals surface area (Å²) < 4.78 is 33.3. The maximum atomic E-state index is 11.8. The molecular weight excluding hydrogens is 155 g/mol. The fraction of sp³-hybridized carbons (Fsp3) is 1.00. The third-order valence-electron chi connectivity index (χ3n) is 0.672. The molecule has 7 heteroatoms. The van der Waals surface area contributed by atoms with Gasteiger partial charge in [0.2, 0.25) is 0 Å². The normalized spacial score (nSPS) is 13.9. The Labute approximate surface area is 49.8 Å². The van der Waals surface area contributed by atoms with Gasteiger partial charge in [0, 0.05) is 0 Å². The Bertz CT molecular complexity index is 143. The van der Waals surface area contributed by atoms with Gasteiger partial charge in [-0.3, -0.25) is 4.57 Å². The van der Waals surface area contributed by atoms with Crippen LogP contribution >= 0.6 is 7.60 Å². The van der Waals surface area contributed by atoms with Gasteiger partial charge in [-0.05, 0) is 0 Å². The average Bonchev–Trinajstić information content (AvgIpc) is 1.64. The zero-order valence-electron chi connectivity index (χ0n) is 4.29. The van der Waals surface area contributed by atoms with Crippen molar-refractivity contribution in [1.29, 1.82) is 0 Å². The fourth-order valence-electron chi connectivity index (χ4n) is 0.119. The summed E-state index contributed by atoms with van der Waals surface area (Å²) in [5.41, 5.74) is 0.274. The predicted octanol–water partition coefficient (Wildman–Crippen LogP) is -0.284. The van der Waals surface area contributed by atoms with E-state index in [2.05, 4.69) is 5.73 Å². The van der Waals surface area contributed by atoms with E-state index in [0.29, 0.717) is 0 Å². The van der Waals surface area contributed by atoms with E-state index in [4.69, 9.17) is 9.79 Å². The maximum absolute atomic E-state index is 11.8. The molecule has 0 aliphatic carbocycles. The first-order chi connectivity index (χ1) is 3.81. The molecule has 0 heterocycles. The summed E-state index contributed by atoms with van der Waals surface area (Å²) in [6.45, 7) is -1.34. The highest BCUT2D eigenvalue weighted by Gasteiger charge is 2.47. The number of alkyl halides is 2. The molecule has 0 aliphatic rings. The molecule has 0 aromatic heterocycles. The van der Waals surface area contributed by atoms with E-state index in [9.17, 15) is 13.3 Å². The van der Waals surface area contributed by atoms with Crippen molar-refractivity contribution in [2.24, 2.45) is 5.73 Å². The first-order valence-corrected chi connectivity index (χ1v) is 3.56. The van der Waals surface area contributed by atoms with Crippen molar-refractivity contribution >= 4 is 7.60 Å². The van der Waals surface area contributed by atoms with Crippen molar-refractivity contribution in [3.05, 3.63) is 0 Å². The summed E-state index contributed by atoms with van der Waals surface area (Å²) >= 11 is 0. The van der Waals surface area contributed by atoms with E-state index in [0.717, 1.165) is 0 Å². The van der Waals surface area contributed by atoms with Gasteiger partial charge in [0.25, 0.3) is 0 Å². The van der Waals surface area contributed by atoms with Crippen LogP contribution in [0, 0.1) is 0 Å². The lowest BCUT2D eigenvalue weighted by atomic mass is 10.7. The highest BCUT2D eigenvalue weighted by Crippen LogP contribution is 2.51. The third-order valence-corrected chi connectivity index (χ3v) is 1.71. The highest BCUT2D eigenvalue weighted by molar-refractivity contribution is 7.53. The molecule has 0 saturated carbocycles. The van der Waals surface area contributed by atoms with Crippen LogP contribution in [0.5, 0.6) is 0 Å². The van der Waals surface area contributed by atoms with Crippen molar-refractivity contribution < 1.29 is 23.1 Å². The zero-order chi connectivity index (χ0) is 7.71. The van der Waals surface area contributed by atoms with Gasteiger partial charge in [-0.1, -0.05) is 0 Å². The first kappa shape index (κ1) is 8.97. The zero-order valence-corrected chi connectivity index (χ0v) is 5.18. The molecule has 0 unspecified atom stereocenters. The molecule has 0 spiro atoms. The maximum Gasteiger partial charge on any atom is 0.395 e. The number of nitrogens with two attached hydrogens (primary N) is 1. The van der Waals surface area contributed by atoms with E-state index in [1.807, 2.05) is 0 Å². The van der Waals surface area contributed by atoms with Gasteiger partial charge in [-0.15, -0.1) is 0 Å². The Hall–Kier alpha value is -0.0300. The molecule has 0 amide bonds. The van der Waals surface area contributed by atoms with Crippen molar-refractivity contribution in [3.63, 3.8) is 0 Å². The van der Waals surface area contributed by atoms with Crippen LogP contribution in [0.4, 0.5) is 8.78 Å². The van der Waals surface area contributed by atoms with E-state index in [1.165, 1.54) is 0 Å². The van der Waals surface area contributed by atoms with E-state index in [-0.39, 0.29) is 0 Å². The molecule has 0 fully saturated rings. The Balaban J connectivity index is 4.34. The molecule has 0 aliphatic heterocycles. The van der Waals surface area contributed by atoms with Crippen molar-refractivity contribution in [2.75, 3.05) is 6.54 Å². The Kier molecular flexibility index (Phi) is 2.29. The highest BCUT2D eigenvalue weighted by atomic mass is 31.2. The molecule has 9 heavy (non-hydrogen) atoms. The molecule has 0 atom stereocenters. The lowest BCUT2D eigenvalue weighted by Gasteiger charge is -2.13. The Morgan fingerprint density at radius 1 is 1.56 bits per heavy atom. The summed E-state index contributed by atoms with van der Waals surface area (Å²) in [6.07, 6.45) is 0. The Morgan fingerprint density at radius 2 is 1.89 bits per heavy atom. The van der Waals surface area contributed by atoms with Crippen LogP contribution < -0.4 is 5.73 Å². The molecule has 0 saturated heterocycles. The fourth-order valence-corrected chi connectivity index (χ4v) is 0.357. The molecular formula is C2H6F2NO3P. The van der Waals surface area contributed by atoms with Gasteiger partial charge in [0.1, 0.15) is 0 Å². The summed E-state index contributed by atoms with van der Waals surface area (Å²) in [5, 5.41) is 0. The largest absolute Gasteiger partial charge is 0.395 e. The monoisotopic (exact) mass is 161 g/mol.